The van der Waals surface area contributed by atoms with Crippen molar-refractivity contribution >= 4 is 23.3 Å². The molecule has 2 fully saturated rings. The lowest BCUT2D eigenvalue weighted by Gasteiger charge is -2.35. The highest BCUT2D eigenvalue weighted by molar-refractivity contribution is 5.96. The van der Waals surface area contributed by atoms with Crippen LogP contribution in [-0.4, -0.2) is 53.0 Å². The van der Waals surface area contributed by atoms with Crippen molar-refractivity contribution in [2.75, 3.05) is 18.4 Å². The summed E-state index contributed by atoms with van der Waals surface area (Å²) in [7, 11) is 0. The standard InChI is InChI=1S/C21H31N5O4/c1-15(20(27)24-18-9-5-6-10-19(18)26(29)30)25-13-11-17(12-14-25)23-21(28)22-16-7-3-2-4-8-16/h5-6,9-10,15-17H,2-4,7-8,11-14H2,1H3,(H,24,27)(H2,22,23,28). The number of carbonyl (C=O) groups excluding carboxylic acids is 2. The molecule has 1 heterocycles. The Labute approximate surface area is 176 Å². The number of nitro benzene ring substituents is 1. The van der Waals surface area contributed by atoms with Gasteiger partial charge in [-0.1, -0.05) is 31.4 Å². The van der Waals surface area contributed by atoms with Crippen molar-refractivity contribution < 1.29 is 14.5 Å². The fourth-order valence-corrected chi connectivity index (χ4v) is 4.23. The number of anilines is 1. The predicted molar refractivity (Wildman–Crippen MR) is 114 cm³/mol. The third-order valence-electron chi connectivity index (χ3n) is 6.09. The van der Waals surface area contributed by atoms with E-state index in [1.54, 1.807) is 19.1 Å². The van der Waals surface area contributed by atoms with Crippen LogP contribution in [0.3, 0.4) is 0 Å². The maximum atomic E-state index is 12.6. The zero-order valence-corrected chi connectivity index (χ0v) is 17.4. The Morgan fingerprint density at radius 3 is 2.27 bits per heavy atom. The third-order valence-corrected chi connectivity index (χ3v) is 6.09. The van der Waals surface area contributed by atoms with Crippen LogP contribution in [-0.2, 0) is 4.79 Å². The Bertz CT molecular complexity index is 758. The Morgan fingerprint density at radius 2 is 1.63 bits per heavy atom. The molecule has 30 heavy (non-hydrogen) atoms. The van der Waals surface area contributed by atoms with E-state index in [2.05, 4.69) is 16.0 Å². The zero-order chi connectivity index (χ0) is 21.5. The van der Waals surface area contributed by atoms with Gasteiger partial charge in [-0.15, -0.1) is 0 Å². The second kappa shape index (κ2) is 10.4. The number of likely N-dealkylation sites (tertiary alicyclic amines) is 1. The van der Waals surface area contributed by atoms with Crippen LogP contribution in [0.25, 0.3) is 0 Å². The van der Waals surface area contributed by atoms with Crippen LogP contribution in [0, 0.1) is 10.1 Å². The number of urea groups is 1. The van der Waals surface area contributed by atoms with E-state index in [0.29, 0.717) is 13.1 Å². The van der Waals surface area contributed by atoms with Gasteiger partial charge in [-0.2, -0.15) is 0 Å². The number of nitrogens with zero attached hydrogens (tertiary/aromatic N) is 2. The number of rotatable bonds is 6. The number of amides is 3. The Hall–Kier alpha value is -2.68. The van der Waals surface area contributed by atoms with Crippen molar-refractivity contribution in [2.24, 2.45) is 0 Å². The maximum Gasteiger partial charge on any atom is 0.315 e. The number of carbonyl (C=O) groups is 2. The quantitative estimate of drug-likeness (QED) is 0.486. The summed E-state index contributed by atoms with van der Waals surface area (Å²) in [6.07, 6.45) is 7.24. The molecule has 3 amide bonds. The average Bonchev–Trinajstić information content (AvgIpc) is 2.74. The van der Waals surface area contributed by atoms with Gasteiger partial charge in [0.05, 0.1) is 11.0 Å². The molecule has 1 aliphatic carbocycles. The number of nitro groups is 1. The molecule has 1 saturated carbocycles. The number of benzene rings is 1. The van der Waals surface area contributed by atoms with Crippen LogP contribution in [0.5, 0.6) is 0 Å². The molecule has 9 heteroatoms. The second-order valence-electron chi connectivity index (χ2n) is 8.20. The van der Waals surface area contributed by atoms with Crippen LogP contribution in [0.1, 0.15) is 51.9 Å². The van der Waals surface area contributed by atoms with Crippen LogP contribution < -0.4 is 16.0 Å². The highest BCUT2D eigenvalue weighted by atomic mass is 16.6. The van der Waals surface area contributed by atoms with E-state index in [1.165, 1.54) is 31.4 Å². The van der Waals surface area contributed by atoms with Crippen LogP contribution in [0.15, 0.2) is 24.3 Å². The summed E-state index contributed by atoms with van der Waals surface area (Å²) in [5.74, 6) is -0.272. The van der Waals surface area contributed by atoms with Gasteiger partial charge in [0, 0.05) is 31.2 Å². The molecular weight excluding hydrogens is 386 g/mol. The fourth-order valence-electron chi connectivity index (χ4n) is 4.23. The maximum absolute atomic E-state index is 12.6. The van der Waals surface area contributed by atoms with Crippen LogP contribution in [0.4, 0.5) is 16.2 Å². The SMILES string of the molecule is CC(C(=O)Nc1ccccc1[N+](=O)[O-])N1CCC(NC(=O)NC2CCCCC2)CC1. The molecule has 1 atom stereocenters. The van der Waals surface area contributed by atoms with E-state index in [-0.39, 0.29) is 35.4 Å². The van der Waals surface area contributed by atoms with Gasteiger partial charge >= 0.3 is 6.03 Å². The molecule has 0 radical (unpaired) electrons. The highest BCUT2D eigenvalue weighted by Crippen LogP contribution is 2.24. The van der Waals surface area contributed by atoms with Crippen molar-refractivity contribution in [3.63, 3.8) is 0 Å². The van der Waals surface area contributed by atoms with Crippen molar-refractivity contribution in [1.82, 2.24) is 15.5 Å². The monoisotopic (exact) mass is 417 g/mol. The first-order valence-corrected chi connectivity index (χ1v) is 10.8. The molecular formula is C21H31N5O4. The van der Waals surface area contributed by atoms with E-state index >= 15 is 0 Å². The molecule has 1 saturated heterocycles. The van der Waals surface area contributed by atoms with Crippen LogP contribution in [0.2, 0.25) is 0 Å². The van der Waals surface area contributed by atoms with Gasteiger partial charge in [0.2, 0.25) is 5.91 Å². The summed E-state index contributed by atoms with van der Waals surface area (Å²) in [5.41, 5.74) is 0.0835. The fraction of sp³-hybridized carbons (Fsp3) is 0.619. The molecule has 1 aromatic carbocycles. The first kappa shape index (κ1) is 22.0. The van der Waals surface area contributed by atoms with E-state index in [4.69, 9.17) is 0 Å². The van der Waals surface area contributed by atoms with E-state index < -0.39 is 11.0 Å². The molecule has 2 aliphatic rings. The lowest BCUT2D eigenvalue weighted by molar-refractivity contribution is -0.383. The van der Waals surface area contributed by atoms with Gasteiger partial charge in [0.15, 0.2) is 0 Å². The molecule has 0 bridgehead atoms. The van der Waals surface area contributed by atoms with Crippen molar-refractivity contribution in [2.45, 2.75) is 70.0 Å². The van der Waals surface area contributed by atoms with Gasteiger partial charge in [0.25, 0.3) is 5.69 Å². The highest BCUT2D eigenvalue weighted by Gasteiger charge is 2.28. The second-order valence-corrected chi connectivity index (χ2v) is 8.20. The average molecular weight is 418 g/mol. The summed E-state index contributed by atoms with van der Waals surface area (Å²) < 4.78 is 0. The molecule has 0 spiro atoms. The Morgan fingerprint density at radius 1 is 1.03 bits per heavy atom. The Kier molecular flexibility index (Phi) is 7.62. The Balaban J connectivity index is 1.44. The van der Waals surface area contributed by atoms with Crippen molar-refractivity contribution in [3.05, 3.63) is 34.4 Å². The number of nitrogens with one attached hydrogen (secondary N) is 3. The molecule has 1 unspecified atom stereocenters. The summed E-state index contributed by atoms with van der Waals surface area (Å²) in [6.45, 7) is 3.16. The van der Waals surface area contributed by atoms with Crippen molar-refractivity contribution in [1.29, 1.82) is 0 Å². The predicted octanol–water partition coefficient (Wildman–Crippen LogP) is 3.02. The smallest absolute Gasteiger partial charge is 0.315 e. The summed E-state index contributed by atoms with van der Waals surface area (Å²) in [4.78, 5) is 37.5. The van der Waals surface area contributed by atoms with E-state index in [1.807, 2.05) is 4.90 Å². The van der Waals surface area contributed by atoms with E-state index in [0.717, 1.165) is 25.7 Å². The molecule has 1 aromatic rings. The number of hydrogen-bond donors (Lipinski definition) is 3. The first-order valence-electron chi connectivity index (χ1n) is 10.8. The topological polar surface area (TPSA) is 117 Å². The van der Waals surface area contributed by atoms with Gasteiger partial charge in [-0.25, -0.2) is 4.79 Å². The first-order chi connectivity index (χ1) is 14.4. The lowest BCUT2D eigenvalue weighted by Crippen LogP contribution is -2.53. The van der Waals surface area contributed by atoms with Crippen LogP contribution >= 0.6 is 0 Å². The van der Waals surface area contributed by atoms with E-state index in [9.17, 15) is 19.7 Å². The largest absolute Gasteiger partial charge is 0.335 e. The number of piperidine rings is 1. The van der Waals surface area contributed by atoms with Crippen molar-refractivity contribution in [3.8, 4) is 0 Å². The van der Waals surface area contributed by atoms with Gasteiger partial charge in [0.1, 0.15) is 5.69 Å². The lowest BCUT2D eigenvalue weighted by atomic mass is 9.96. The van der Waals surface area contributed by atoms with Gasteiger partial charge in [-0.3, -0.25) is 19.8 Å². The summed E-state index contributed by atoms with van der Waals surface area (Å²) >= 11 is 0. The van der Waals surface area contributed by atoms with Gasteiger partial charge < -0.3 is 16.0 Å². The molecule has 3 N–H and O–H groups in total. The third kappa shape index (κ3) is 5.91. The summed E-state index contributed by atoms with van der Waals surface area (Å²) in [6, 6.07) is 5.99. The molecule has 9 nitrogen and oxygen atoms in total. The minimum Gasteiger partial charge on any atom is -0.335 e. The number of hydrogen-bond acceptors (Lipinski definition) is 5. The zero-order valence-electron chi connectivity index (χ0n) is 17.4. The minimum atomic E-state index is -0.504. The molecule has 3 rings (SSSR count). The minimum absolute atomic E-state index is 0.0929. The molecule has 0 aromatic heterocycles. The normalized spacial score (nSPS) is 19.6. The number of para-hydroxylation sites is 2. The van der Waals surface area contributed by atoms with Gasteiger partial charge in [-0.05, 0) is 38.7 Å². The molecule has 1 aliphatic heterocycles. The molecule has 164 valence electrons. The summed E-state index contributed by atoms with van der Waals surface area (Å²) in [5, 5.41) is 19.9.